The number of fused-ring (bicyclic) bond motifs is 1. The average Bonchev–Trinajstić information content (AvgIpc) is 3.28. The molecule has 3 aromatic rings. The number of alkyl carbamates (subject to hydrolysis) is 1. The summed E-state index contributed by atoms with van der Waals surface area (Å²) < 4.78 is 15.0. The molecule has 11 heteroatoms. The van der Waals surface area contributed by atoms with Gasteiger partial charge in [0.25, 0.3) is 5.56 Å². The van der Waals surface area contributed by atoms with Crippen LogP contribution in [0.1, 0.15) is 46.1 Å². The number of piperidine rings is 1. The van der Waals surface area contributed by atoms with E-state index in [0.29, 0.717) is 36.0 Å². The predicted octanol–water partition coefficient (Wildman–Crippen LogP) is 2.47. The molecule has 4 rings (SSSR count). The number of ether oxygens (including phenoxy) is 2. The van der Waals surface area contributed by atoms with Crippen LogP contribution in [0, 0.1) is 11.8 Å². The van der Waals surface area contributed by atoms with Crippen LogP contribution in [0.25, 0.3) is 11.2 Å². The number of imidazole rings is 1. The summed E-state index contributed by atoms with van der Waals surface area (Å²) in [6.45, 7) is 8.71. The van der Waals surface area contributed by atoms with E-state index in [4.69, 9.17) is 14.5 Å². The molecule has 208 valence electrons. The zero-order valence-corrected chi connectivity index (χ0v) is 23.4. The van der Waals surface area contributed by atoms with Crippen LogP contribution >= 0.6 is 0 Å². The van der Waals surface area contributed by atoms with Gasteiger partial charge in [-0.2, -0.15) is 4.98 Å². The van der Waals surface area contributed by atoms with Gasteiger partial charge in [0.05, 0.1) is 20.2 Å². The second kappa shape index (κ2) is 11.3. The molecule has 1 atom stereocenters. The van der Waals surface area contributed by atoms with Crippen molar-refractivity contribution in [3.8, 4) is 17.6 Å². The molecule has 1 aromatic carbocycles. The van der Waals surface area contributed by atoms with E-state index in [1.165, 1.54) is 9.13 Å². The molecular formula is C28H36N6O5. The summed E-state index contributed by atoms with van der Waals surface area (Å²) in [7, 11) is 3.20. The molecule has 0 saturated carbocycles. The van der Waals surface area contributed by atoms with Crippen molar-refractivity contribution in [2.24, 2.45) is 7.05 Å². The summed E-state index contributed by atoms with van der Waals surface area (Å²) in [6, 6.07) is 7.08. The van der Waals surface area contributed by atoms with Crippen molar-refractivity contribution in [2.75, 3.05) is 25.1 Å². The number of aromatic nitrogens is 4. The third-order valence-electron chi connectivity index (χ3n) is 6.55. The molecule has 1 N–H and O–H groups in total. The molecular weight excluding hydrogens is 500 g/mol. The number of rotatable bonds is 6. The summed E-state index contributed by atoms with van der Waals surface area (Å²) in [4.78, 5) is 46.2. The Balaban J connectivity index is 1.73. The van der Waals surface area contributed by atoms with Gasteiger partial charge in [0.15, 0.2) is 11.2 Å². The molecule has 1 saturated heterocycles. The molecule has 0 spiro atoms. The smallest absolute Gasteiger partial charge is 0.407 e. The van der Waals surface area contributed by atoms with E-state index in [-0.39, 0.29) is 19.1 Å². The van der Waals surface area contributed by atoms with Crippen molar-refractivity contribution in [1.82, 2.24) is 24.0 Å². The minimum Gasteiger partial charge on any atom is -0.497 e. The predicted molar refractivity (Wildman–Crippen MR) is 149 cm³/mol. The quantitative estimate of drug-likeness (QED) is 0.482. The Morgan fingerprint density at radius 1 is 1.18 bits per heavy atom. The van der Waals surface area contributed by atoms with Gasteiger partial charge in [-0.15, -0.1) is 5.92 Å². The first-order chi connectivity index (χ1) is 18.5. The number of methoxy groups -OCH3 is 1. The largest absolute Gasteiger partial charge is 0.497 e. The number of nitrogens with one attached hydrogen (secondary N) is 1. The highest BCUT2D eigenvalue weighted by molar-refractivity contribution is 5.75. The maximum Gasteiger partial charge on any atom is 0.407 e. The summed E-state index contributed by atoms with van der Waals surface area (Å²) >= 11 is 0. The van der Waals surface area contributed by atoms with Crippen LogP contribution in [0.2, 0.25) is 0 Å². The molecule has 1 aliphatic heterocycles. The highest BCUT2D eigenvalue weighted by atomic mass is 16.6. The van der Waals surface area contributed by atoms with E-state index in [1.807, 2.05) is 37.8 Å². The number of carbonyl (C=O) groups excluding carboxylic acids is 1. The topological polar surface area (TPSA) is 113 Å². The van der Waals surface area contributed by atoms with Crippen LogP contribution in [0.15, 0.2) is 33.9 Å². The third kappa shape index (κ3) is 6.11. The van der Waals surface area contributed by atoms with Crippen LogP contribution < -0.4 is 26.2 Å². The number of benzene rings is 1. The van der Waals surface area contributed by atoms with Crippen LogP contribution in [-0.2, 0) is 24.9 Å². The fraction of sp³-hybridized carbons (Fsp3) is 0.500. The van der Waals surface area contributed by atoms with Crippen LogP contribution in [-0.4, -0.2) is 56.6 Å². The van der Waals surface area contributed by atoms with Gasteiger partial charge in [0.1, 0.15) is 11.4 Å². The van der Waals surface area contributed by atoms with Crippen molar-refractivity contribution in [3.63, 3.8) is 0 Å². The number of hydrogen-bond acceptors (Lipinski definition) is 7. The lowest BCUT2D eigenvalue weighted by molar-refractivity contribution is 0.0499. The molecule has 11 nitrogen and oxygen atoms in total. The summed E-state index contributed by atoms with van der Waals surface area (Å²) in [5.74, 6) is 7.16. The van der Waals surface area contributed by atoms with Crippen molar-refractivity contribution in [2.45, 2.75) is 65.3 Å². The van der Waals surface area contributed by atoms with Gasteiger partial charge < -0.3 is 19.7 Å². The molecule has 0 bridgehead atoms. The van der Waals surface area contributed by atoms with E-state index in [1.54, 1.807) is 37.8 Å². The normalized spacial score (nSPS) is 15.5. The minimum absolute atomic E-state index is 0.108. The highest BCUT2D eigenvalue weighted by Gasteiger charge is 2.29. The summed E-state index contributed by atoms with van der Waals surface area (Å²) in [5, 5.41) is 2.95. The fourth-order valence-electron chi connectivity index (χ4n) is 4.71. The molecule has 1 fully saturated rings. The number of amides is 1. The zero-order chi connectivity index (χ0) is 28.3. The van der Waals surface area contributed by atoms with Gasteiger partial charge in [-0.3, -0.25) is 18.5 Å². The Labute approximate surface area is 227 Å². The van der Waals surface area contributed by atoms with Gasteiger partial charge in [0, 0.05) is 26.2 Å². The van der Waals surface area contributed by atoms with Crippen LogP contribution in [0.5, 0.6) is 5.75 Å². The molecule has 3 heterocycles. The molecule has 2 aromatic heterocycles. The number of carbonyl (C=O) groups is 1. The molecule has 1 aliphatic rings. The van der Waals surface area contributed by atoms with E-state index in [9.17, 15) is 14.4 Å². The first-order valence-electron chi connectivity index (χ1n) is 13.0. The number of nitrogens with zero attached hydrogens (tertiary/aromatic N) is 5. The van der Waals surface area contributed by atoms with Crippen LogP contribution in [0.4, 0.5) is 10.7 Å². The lowest BCUT2D eigenvalue weighted by Gasteiger charge is -2.34. The Hall–Kier alpha value is -4.20. The maximum absolute atomic E-state index is 13.8. The first kappa shape index (κ1) is 27.8. The van der Waals surface area contributed by atoms with E-state index >= 15 is 0 Å². The zero-order valence-electron chi connectivity index (χ0n) is 23.4. The monoisotopic (exact) mass is 536 g/mol. The van der Waals surface area contributed by atoms with Crippen molar-refractivity contribution >= 4 is 23.2 Å². The van der Waals surface area contributed by atoms with Gasteiger partial charge >= 0.3 is 11.8 Å². The van der Waals surface area contributed by atoms with Crippen molar-refractivity contribution < 1.29 is 14.3 Å². The van der Waals surface area contributed by atoms with Crippen molar-refractivity contribution in [1.29, 1.82) is 0 Å². The Morgan fingerprint density at radius 3 is 2.54 bits per heavy atom. The molecule has 0 aliphatic carbocycles. The first-order valence-corrected chi connectivity index (χ1v) is 13.0. The molecule has 1 amide bonds. The van der Waals surface area contributed by atoms with Crippen LogP contribution in [0.3, 0.4) is 0 Å². The number of aryl methyl sites for hydroxylation is 1. The second-order valence-electron chi connectivity index (χ2n) is 10.6. The van der Waals surface area contributed by atoms with E-state index in [0.717, 1.165) is 18.4 Å². The molecule has 0 radical (unpaired) electrons. The molecule has 39 heavy (non-hydrogen) atoms. The Bertz CT molecular complexity index is 1530. The standard InChI is InChI=1S/C28H36N6O5/c1-7-8-16-33-22-23(30-25(33)32-15-9-10-20(18-32)29-26(36)39-28(2,3)4)31(5)27(37)34(24(22)35)17-19-11-13-21(38-6)14-12-19/h11-14,20H,9-10,15-18H2,1-6H3,(H,29,36)/t20-/m1/s1. The lowest BCUT2D eigenvalue weighted by Crippen LogP contribution is -2.49. The summed E-state index contributed by atoms with van der Waals surface area (Å²) in [5.41, 5.74) is -0.0788. The second-order valence-corrected chi connectivity index (χ2v) is 10.6. The summed E-state index contributed by atoms with van der Waals surface area (Å²) in [6.07, 6.45) is 1.13. The highest BCUT2D eigenvalue weighted by Crippen LogP contribution is 2.24. The average molecular weight is 537 g/mol. The number of anilines is 1. The third-order valence-corrected chi connectivity index (χ3v) is 6.55. The Kier molecular flexibility index (Phi) is 8.04. The fourth-order valence-corrected chi connectivity index (χ4v) is 4.71. The van der Waals surface area contributed by atoms with Gasteiger partial charge in [-0.25, -0.2) is 9.59 Å². The maximum atomic E-state index is 13.8. The number of hydrogen-bond donors (Lipinski definition) is 1. The van der Waals surface area contributed by atoms with E-state index < -0.39 is 22.9 Å². The van der Waals surface area contributed by atoms with Crippen molar-refractivity contribution in [3.05, 3.63) is 50.7 Å². The minimum atomic E-state index is -0.595. The van der Waals surface area contributed by atoms with Gasteiger partial charge in [-0.05, 0) is 58.2 Å². The Morgan fingerprint density at radius 2 is 1.90 bits per heavy atom. The lowest BCUT2D eigenvalue weighted by atomic mass is 10.1. The van der Waals surface area contributed by atoms with Gasteiger partial charge in [0.2, 0.25) is 5.95 Å². The van der Waals surface area contributed by atoms with Gasteiger partial charge in [-0.1, -0.05) is 18.1 Å². The SMILES string of the molecule is CC#CCn1c(N2CCC[C@@H](NC(=O)OC(C)(C)C)C2)nc2c1c(=O)n(Cc1ccc(OC)cc1)c(=O)n2C. The van der Waals surface area contributed by atoms with E-state index in [2.05, 4.69) is 17.2 Å². The molecule has 0 unspecified atom stereocenters.